The van der Waals surface area contributed by atoms with Gasteiger partial charge in [-0.25, -0.2) is 0 Å². The molecule has 0 unspecified atom stereocenters. The van der Waals surface area contributed by atoms with Crippen LogP contribution in [0.1, 0.15) is 53.4 Å². The molecule has 4 heterocycles. The first-order valence-electron chi connectivity index (χ1n) is 18.0. The first kappa shape index (κ1) is 36.9. The molecule has 263 valence electrons. The van der Waals surface area contributed by atoms with Gasteiger partial charge >= 0.3 is 0 Å². The molecular weight excluding hydrogens is 841 g/mol. The van der Waals surface area contributed by atoms with Crippen LogP contribution in [0.15, 0.2) is 103 Å². The fourth-order valence-electron chi connectivity index (χ4n) is 7.78. The van der Waals surface area contributed by atoms with Crippen molar-refractivity contribution >= 4 is 94.0 Å². The zero-order valence-corrected chi connectivity index (χ0v) is 34.4. The van der Waals surface area contributed by atoms with Crippen LogP contribution < -0.4 is 9.69 Å². The predicted molar refractivity (Wildman–Crippen MR) is 218 cm³/mol. The second-order valence-corrected chi connectivity index (χ2v) is 19.7. The van der Waals surface area contributed by atoms with E-state index in [0.29, 0.717) is 0 Å². The fraction of sp³-hybridized carbons (Fsp3) is 0.273. The number of hydrogen-bond acceptors (Lipinski definition) is 4. The van der Waals surface area contributed by atoms with Crippen molar-refractivity contribution < 1.29 is 30.0 Å². The molecule has 0 atom stereocenters. The first-order valence-corrected chi connectivity index (χ1v) is 21.9. The van der Waals surface area contributed by atoms with Gasteiger partial charge in [-0.05, 0) is 48.7 Å². The van der Waals surface area contributed by atoms with Gasteiger partial charge in [0.1, 0.15) is 8.07 Å². The van der Waals surface area contributed by atoms with Gasteiger partial charge in [0, 0.05) is 69.8 Å². The summed E-state index contributed by atoms with van der Waals surface area (Å²) in [4.78, 5) is 16.7. The number of aliphatic hydroxyl groups is 1. The normalized spacial score (nSPS) is 12.5. The van der Waals surface area contributed by atoms with E-state index in [1.807, 2.05) is 45.2 Å². The van der Waals surface area contributed by atoms with Crippen LogP contribution in [0.25, 0.3) is 59.1 Å². The van der Waals surface area contributed by atoms with Crippen molar-refractivity contribution in [3.05, 3.63) is 109 Å². The first-order chi connectivity index (χ1) is 24.2. The van der Waals surface area contributed by atoms with Gasteiger partial charge in [-0.2, -0.15) is 0 Å². The molecule has 0 saturated carbocycles. The van der Waals surface area contributed by atoms with Crippen molar-refractivity contribution in [2.24, 2.45) is 11.8 Å². The molecule has 7 heteroatoms. The second-order valence-electron chi connectivity index (χ2n) is 13.9. The van der Waals surface area contributed by atoms with Crippen molar-refractivity contribution in [1.29, 1.82) is 0 Å². The minimum Gasteiger partial charge on any atom is -0.512 e. The molecule has 0 spiro atoms. The predicted octanol–water partition coefficient (Wildman–Crippen LogP) is 11.1. The molecular formula is C44H45IrN2O2SSi-. The summed E-state index contributed by atoms with van der Waals surface area (Å²) in [6, 6.07) is 34.6. The Morgan fingerprint density at radius 3 is 2.14 bits per heavy atom. The van der Waals surface area contributed by atoms with Crippen LogP contribution in [0, 0.1) is 17.9 Å². The molecule has 1 radical (unpaired) electrons. The molecule has 1 N–H and O–H groups in total. The third-order valence-corrected chi connectivity index (χ3v) is 16.7. The quantitative estimate of drug-likeness (QED) is 0.0392. The third kappa shape index (κ3) is 6.22. The molecule has 4 aromatic heterocycles. The Labute approximate surface area is 318 Å². The Hall–Kier alpha value is -3.87. The molecule has 8 aromatic rings. The summed E-state index contributed by atoms with van der Waals surface area (Å²) in [5.41, 5.74) is 4.93. The minimum atomic E-state index is -1.99. The van der Waals surface area contributed by atoms with Crippen molar-refractivity contribution in [2.45, 2.75) is 66.5 Å². The van der Waals surface area contributed by atoms with E-state index in [1.54, 1.807) is 0 Å². The van der Waals surface area contributed by atoms with Crippen LogP contribution >= 0.6 is 11.3 Å². The number of benzene rings is 4. The van der Waals surface area contributed by atoms with Gasteiger partial charge in [0.25, 0.3) is 0 Å². The number of pyridine rings is 2. The van der Waals surface area contributed by atoms with Crippen LogP contribution in [-0.4, -0.2) is 28.3 Å². The molecule has 0 aliphatic carbocycles. The minimum absolute atomic E-state index is 0. The van der Waals surface area contributed by atoms with Gasteiger partial charge in [-0.1, -0.05) is 129 Å². The average Bonchev–Trinajstić information content (AvgIpc) is 3.70. The van der Waals surface area contributed by atoms with Gasteiger partial charge < -0.3 is 9.51 Å². The zero-order chi connectivity index (χ0) is 35.2. The van der Waals surface area contributed by atoms with Crippen LogP contribution in [0.2, 0.25) is 13.1 Å². The number of aromatic nitrogens is 2. The van der Waals surface area contributed by atoms with Crippen molar-refractivity contribution in [3.8, 4) is 0 Å². The molecule has 51 heavy (non-hydrogen) atoms. The monoisotopic (exact) mass is 886 g/mol. The van der Waals surface area contributed by atoms with E-state index in [-0.39, 0.29) is 43.5 Å². The van der Waals surface area contributed by atoms with E-state index < -0.39 is 8.07 Å². The second kappa shape index (κ2) is 15.0. The van der Waals surface area contributed by atoms with Crippen LogP contribution in [0.3, 0.4) is 0 Å². The maximum atomic E-state index is 11.7. The number of thiophene rings is 1. The number of nitrogens with zero attached hydrogens (tertiary/aromatic N) is 2. The SMILES string of the molecule is CCC(CC)C(=O)/C=C(\O)C(CC)CC.C[Si](C)(c1ccccc1)c1sc2ccnc3c4[c-]c5ccccc5c5c6ccccc6n(c1c23)c45.[Ir]. The number of aliphatic hydroxyl groups excluding tert-OH is 1. The van der Waals surface area contributed by atoms with E-state index in [4.69, 9.17) is 4.98 Å². The van der Waals surface area contributed by atoms with Gasteiger partial charge in [-0.3, -0.25) is 9.78 Å². The standard InChI is InChI=1S/C31H21N2SSi.C13H24O2.Ir/c1-35(2,20-11-4-3-5-12-20)31-30-27-25(34-31)16-17-32-28(27)23-18-19-10-6-7-13-21(19)26-22-14-8-9-15-24(22)33(30)29(23)26;1-5-10(6-2)12(14)9-13(15)11(7-3)8-4;/h3-17H,1-2H3;9-11,14H,5-8H2,1-4H3;/q-1;;/b;12-9-;. The summed E-state index contributed by atoms with van der Waals surface area (Å²) in [5, 5.41) is 18.6. The maximum Gasteiger partial charge on any atom is 0.162 e. The maximum absolute atomic E-state index is 11.7. The van der Waals surface area contributed by atoms with Gasteiger partial charge in [0.05, 0.1) is 11.3 Å². The molecule has 0 aliphatic heterocycles. The van der Waals surface area contributed by atoms with E-state index in [2.05, 4.69) is 108 Å². The summed E-state index contributed by atoms with van der Waals surface area (Å²) >= 11 is 1.96. The third-order valence-electron chi connectivity index (χ3n) is 10.7. The molecule has 0 bridgehead atoms. The molecule has 4 nitrogen and oxygen atoms in total. The smallest absolute Gasteiger partial charge is 0.162 e. The summed E-state index contributed by atoms with van der Waals surface area (Å²) in [6.07, 6.45) is 6.88. The summed E-state index contributed by atoms with van der Waals surface area (Å²) < 4.78 is 5.37. The fourth-order valence-corrected chi connectivity index (χ4v) is 12.5. The number of hydrogen-bond donors (Lipinski definition) is 1. The topological polar surface area (TPSA) is 54.6 Å². The van der Waals surface area contributed by atoms with Gasteiger partial charge in [-0.15, -0.1) is 28.9 Å². The Kier molecular flexibility index (Phi) is 10.9. The number of carbonyl (C=O) groups excluding carboxylic acids is 1. The number of ketones is 1. The Morgan fingerprint density at radius 1 is 0.824 bits per heavy atom. The molecule has 0 saturated heterocycles. The molecule has 0 amide bonds. The molecule has 8 rings (SSSR count). The van der Waals surface area contributed by atoms with E-state index in [1.165, 1.54) is 58.6 Å². The Balaban J connectivity index is 0.000000241. The van der Waals surface area contributed by atoms with Crippen molar-refractivity contribution in [2.75, 3.05) is 0 Å². The molecule has 0 fully saturated rings. The van der Waals surface area contributed by atoms with Crippen LogP contribution in [0.4, 0.5) is 0 Å². The Morgan fingerprint density at radius 2 is 1.45 bits per heavy atom. The van der Waals surface area contributed by atoms with Crippen molar-refractivity contribution in [3.63, 3.8) is 0 Å². The largest absolute Gasteiger partial charge is 0.512 e. The number of allylic oxidation sites excluding steroid dienone is 2. The molecule has 0 aliphatic rings. The summed E-state index contributed by atoms with van der Waals surface area (Å²) in [7, 11) is -1.99. The zero-order valence-electron chi connectivity index (χ0n) is 30.2. The van der Waals surface area contributed by atoms with Gasteiger partial charge in [0.15, 0.2) is 5.78 Å². The summed E-state index contributed by atoms with van der Waals surface area (Å²) in [5.74, 6) is 0.547. The van der Waals surface area contributed by atoms with Crippen LogP contribution in [0.5, 0.6) is 0 Å². The van der Waals surface area contributed by atoms with Gasteiger partial charge in [0.2, 0.25) is 0 Å². The summed E-state index contributed by atoms with van der Waals surface area (Å²) in [6.45, 7) is 13.0. The number of fused-ring (bicyclic) bond motifs is 7. The Bertz CT molecular complexity index is 2510. The van der Waals surface area contributed by atoms with E-state index in [0.717, 1.165) is 42.0 Å². The van der Waals surface area contributed by atoms with Crippen LogP contribution in [-0.2, 0) is 24.9 Å². The average molecular weight is 886 g/mol. The number of para-hydroxylation sites is 1. The number of carbonyl (C=O) groups is 1. The van der Waals surface area contributed by atoms with Crippen molar-refractivity contribution in [1.82, 2.24) is 9.38 Å². The number of rotatable bonds is 9. The molecule has 4 aromatic carbocycles. The van der Waals surface area contributed by atoms with E-state index in [9.17, 15) is 9.90 Å². The van der Waals surface area contributed by atoms with E-state index >= 15 is 0 Å².